The standard InChI is InChI=1S/C14H14.C11H12P.C11H11.Zr/c1-3-7-13(8-4-1)11-12-14-9-5-2-6-10-14;1-12(2)11-7-9-5-3-4-6-10(9)8-11;1-8-6-7-9(2)11-5-3-4-10(8)11;/h1-10H,11-12H2;3-8H,1-2H3;3-7H,1-2H3;/q;2*-1;+2. The Labute approximate surface area is 249 Å². The van der Waals surface area contributed by atoms with Gasteiger partial charge in [0.25, 0.3) is 0 Å². The first-order chi connectivity index (χ1) is 18.0. The summed E-state index contributed by atoms with van der Waals surface area (Å²) >= 11 is 0. The molecular formula is C36H37PZr. The van der Waals surface area contributed by atoms with Crippen molar-refractivity contribution in [1.29, 1.82) is 0 Å². The summed E-state index contributed by atoms with van der Waals surface area (Å²) in [4.78, 5) is 0. The molecule has 0 nitrogen and oxygen atoms in total. The second-order valence-electron chi connectivity index (χ2n) is 9.76. The van der Waals surface area contributed by atoms with Crippen molar-refractivity contribution in [2.24, 2.45) is 0 Å². The second-order valence-corrected chi connectivity index (χ2v) is 12.1. The third kappa shape index (κ3) is 8.46. The Morgan fingerprint density at radius 2 is 1.18 bits per heavy atom. The molecule has 0 unspecified atom stereocenters. The SMILES string of the molecule is CP(C)c1cc2ccccc2[cH-]1.Cc1ccc(C)c2[cH-]ccc12.[Zr+2].c1ccc(CCc2ccccc2)cc1. The molecule has 0 aliphatic rings. The van der Waals surface area contributed by atoms with E-state index < -0.39 is 0 Å². The van der Waals surface area contributed by atoms with Crippen molar-refractivity contribution in [2.75, 3.05) is 13.3 Å². The van der Waals surface area contributed by atoms with Crippen molar-refractivity contribution >= 4 is 34.8 Å². The van der Waals surface area contributed by atoms with Crippen LogP contribution in [0.1, 0.15) is 22.3 Å². The van der Waals surface area contributed by atoms with Crippen LogP contribution in [0.5, 0.6) is 0 Å². The third-order valence-electron chi connectivity index (χ3n) is 6.76. The van der Waals surface area contributed by atoms with Gasteiger partial charge in [0.15, 0.2) is 0 Å². The Bertz CT molecular complexity index is 1400. The smallest absolute Gasteiger partial charge is 0.168 e. The summed E-state index contributed by atoms with van der Waals surface area (Å²) in [5.74, 6) is 0. The molecule has 190 valence electrons. The molecule has 6 rings (SSSR count). The topological polar surface area (TPSA) is 0 Å². The maximum Gasteiger partial charge on any atom is 2.00 e. The molecule has 6 aromatic carbocycles. The fourth-order valence-corrected chi connectivity index (χ4v) is 5.30. The molecule has 0 amide bonds. The molecule has 0 fully saturated rings. The molecule has 0 radical (unpaired) electrons. The van der Waals surface area contributed by atoms with E-state index in [1.54, 1.807) is 0 Å². The van der Waals surface area contributed by atoms with Gasteiger partial charge >= 0.3 is 26.2 Å². The zero-order valence-corrected chi connectivity index (χ0v) is 26.3. The van der Waals surface area contributed by atoms with Gasteiger partial charge in [-0.3, -0.25) is 0 Å². The molecule has 38 heavy (non-hydrogen) atoms. The summed E-state index contributed by atoms with van der Waals surface area (Å²) in [6, 6.07) is 45.2. The fraction of sp³-hybridized carbons (Fsp3) is 0.167. The van der Waals surface area contributed by atoms with Gasteiger partial charge in [-0.1, -0.05) is 85.3 Å². The summed E-state index contributed by atoms with van der Waals surface area (Å²) in [6.45, 7) is 8.90. The predicted molar refractivity (Wildman–Crippen MR) is 167 cm³/mol. The summed E-state index contributed by atoms with van der Waals surface area (Å²) in [5, 5.41) is 7.05. The average Bonchev–Trinajstić information content (AvgIpc) is 3.60. The van der Waals surface area contributed by atoms with Crippen LogP contribution < -0.4 is 5.30 Å². The molecule has 0 heterocycles. The van der Waals surface area contributed by atoms with Crippen LogP contribution in [0.4, 0.5) is 0 Å². The minimum atomic E-state index is 0. The van der Waals surface area contributed by atoms with Gasteiger partial charge in [-0.25, -0.2) is 0 Å². The van der Waals surface area contributed by atoms with Crippen molar-refractivity contribution in [2.45, 2.75) is 26.7 Å². The van der Waals surface area contributed by atoms with Gasteiger partial charge in [0.2, 0.25) is 0 Å². The molecule has 0 saturated carbocycles. The zero-order valence-electron chi connectivity index (χ0n) is 23.0. The van der Waals surface area contributed by atoms with Crippen LogP contribution >= 0.6 is 7.92 Å². The van der Waals surface area contributed by atoms with Gasteiger partial charge in [-0.15, -0.1) is 76.7 Å². The number of fused-ring (bicyclic) bond motifs is 2. The van der Waals surface area contributed by atoms with Gasteiger partial charge in [0.1, 0.15) is 0 Å². The zero-order chi connectivity index (χ0) is 26.0. The average molecular weight is 592 g/mol. The van der Waals surface area contributed by atoms with E-state index in [1.165, 1.54) is 49.1 Å². The van der Waals surface area contributed by atoms with Crippen LogP contribution in [0, 0.1) is 13.8 Å². The minimum Gasteiger partial charge on any atom is -0.168 e. The van der Waals surface area contributed by atoms with Crippen LogP contribution in [0.25, 0.3) is 21.5 Å². The minimum absolute atomic E-state index is 0. The monoisotopic (exact) mass is 590 g/mol. The van der Waals surface area contributed by atoms with E-state index in [9.17, 15) is 0 Å². The number of hydrogen-bond acceptors (Lipinski definition) is 0. The van der Waals surface area contributed by atoms with Crippen molar-refractivity contribution in [3.63, 3.8) is 0 Å². The quantitative estimate of drug-likeness (QED) is 0.141. The molecule has 0 aliphatic heterocycles. The third-order valence-corrected chi connectivity index (χ3v) is 8.05. The van der Waals surface area contributed by atoms with E-state index in [1.807, 2.05) is 0 Å². The van der Waals surface area contributed by atoms with Crippen molar-refractivity contribution in [3.8, 4) is 0 Å². The largest absolute Gasteiger partial charge is 2.00 e. The van der Waals surface area contributed by atoms with Crippen molar-refractivity contribution in [1.82, 2.24) is 0 Å². The molecule has 0 N–H and O–H groups in total. The van der Waals surface area contributed by atoms with Gasteiger partial charge in [-0.05, 0) is 44.2 Å². The molecular weight excluding hydrogens is 555 g/mol. The summed E-state index contributed by atoms with van der Waals surface area (Å²) in [5.41, 5.74) is 5.57. The number of aryl methyl sites for hydroxylation is 4. The van der Waals surface area contributed by atoms with Gasteiger partial charge in [-0.2, -0.15) is 18.2 Å². The van der Waals surface area contributed by atoms with Crippen LogP contribution in [-0.4, -0.2) is 13.3 Å². The van der Waals surface area contributed by atoms with E-state index in [4.69, 9.17) is 0 Å². The van der Waals surface area contributed by atoms with E-state index in [-0.39, 0.29) is 34.1 Å². The van der Waals surface area contributed by atoms with Crippen LogP contribution in [0.15, 0.2) is 127 Å². The Morgan fingerprint density at radius 3 is 1.74 bits per heavy atom. The predicted octanol–water partition coefficient (Wildman–Crippen LogP) is 9.57. The Balaban J connectivity index is 0.000000157. The first kappa shape index (κ1) is 30.0. The number of benzene rings is 4. The maximum absolute atomic E-state index is 2.31. The fourth-order valence-electron chi connectivity index (χ4n) is 4.51. The first-order valence-corrected chi connectivity index (χ1v) is 15.3. The summed E-state index contributed by atoms with van der Waals surface area (Å²) < 4.78 is 0. The van der Waals surface area contributed by atoms with E-state index >= 15 is 0 Å². The molecule has 0 aliphatic carbocycles. The van der Waals surface area contributed by atoms with E-state index in [0.29, 0.717) is 0 Å². The van der Waals surface area contributed by atoms with Crippen LogP contribution in [0.3, 0.4) is 0 Å². The van der Waals surface area contributed by atoms with Crippen LogP contribution in [-0.2, 0) is 39.0 Å². The molecule has 6 aromatic rings. The van der Waals surface area contributed by atoms with Gasteiger partial charge < -0.3 is 0 Å². The molecule has 0 aromatic heterocycles. The molecule has 0 spiro atoms. The van der Waals surface area contributed by atoms with Gasteiger partial charge in [0, 0.05) is 0 Å². The second kappa shape index (κ2) is 15.1. The van der Waals surface area contributed by atoms with Crippen molar-refractivity contribution in [3.05, 3.63) is 150 Å². The summed E-state index contributed by atoms with van der Waals surface area (Å²) in [6.07, 6.45) is 2.26. The first-order valence-electron chi connectivity index (χ1n) is 13.0. The van der Waals surface area contributed by atoms with E-state index in [0.717, 1.165) is 12.8 Å². The Hall–Kier alpha value is -2.59. The normalized spacial score (nSPS) is 10.3. The Morgan fingerprint density at radius 1 is 0.632 bits per heavy atom. The molecule has 0 saturated heterocycles. The van der Waals surface area contributed by atoms with Crippen molar-refractivity contribution < 1.29 is 26.2 Å². The molecule has 0 atom stereocenters. The Kier molecular flexibility index (Phi) is 11.9. The number of hydrogen-bond donors (Lipinski definition) is 0. The maximum atomic E-state index is 2.31. The molecule has 2 heteroatoms. The van der Waals surface area contributed by atoms with Crippen LogP contribution in [0.2, 0.25) is 0 Å². The number of rotatable bonds is 4. The summed E-state index contributed by atoms with van der Waals surface area (Å²) in [7, 11) is 0.0576. The van der Waals surface area contributed by atoms with E-state index in [2.05, 4.69) is 155 Å². The molecule has 0 bridgehead atoms. The van der Waals surface area contributed by atoms with Gasteiger partial charge in [0.05, 0.1) is 0 Å².